The second-order valence-electron chi connectivity index (χ2n) is 5.30. The topological polar surface area (TPSA) is 56.9 Å². The number of rotatable bonds is 7. The molecule has 5 heteroatoms. The SMILES string of the molecule is Cc1cc(CCCCOc2ccc(C3=NCCO3)cc2)on1. The maximum atomic E-state index is 5.74. The molecule has 5 nitrogen and oxygen atoms in total. The third kappa shape index (κ3) is 3.87. The standard InChI is InChI=1S/C17H20N2O3/c1-13-12-16(22-19-13)4-2-3-10-20-15-7-5-14(6-8-15)17-18-9-11-21-17/h5-8,12H,2-4,9-11H2,1H3. The Balaban J connectivity index is 1.38. The highest BCUT2D eigenvalue weighted by Crippen LogP contribution is 2.15. The molecule has 2 aromatic rings. The minimum atomic E-state index is 0.679. The molecule has 116 valence electrons. The minimum Gasteiger partial charge on any atom is -0.494 e. The van der Waals surface area contributed by atoms with Crippen molar-refractivity contribution in [2.75, 3.05) is 19.8 Å². The number of ether oxygens (including phenoxy) is 2. The molecule has 0 spiro atoms. The highest BCUT2D eigenvalue weighted by Gasteiger charge is 2.09. The van der Waals surface area contributed by atoms with Crippen LogP contribution >= 0.6 is 0 Å². The average molecular weight is 300 g/mol. The Bertz CT molecular complexity index is 632. The second kappa shape index (κ2) is 7.11. The Morgan fingerprint density at radius 1 is 1.18 bits per heavy atom. The van der Waals surface area contributed by atoms with Crippen LogP contribution in [0.25, 0.3) is 0 Å². The van der Waals surface area contributed by atoms with Crippen LogP contribution in [0.4, 0.5) is 0 Å². The maximum absolute atomic E-state index is 5.74. The molecule has 0 saturated heterocycles. The van der Waals surface area contributed by atoms with Gasteiger partial charge in [-0.1, -0.05) is 5.16 Å². The smallest absolute Gasteiger partial charge is 0.216 e. The van der Waals surface area contributed by atoms with Crippen LogP contribution in [-0.2, 0) is 11.2 Å². The summed E-state index contributed by atoms with van der Waals surface area (Å²) in [4.78, 5) is 4.29. The Hall–Kier alpha value is -2.30. The van der Waals surface area contributed by atoms with Crippen molar-refractivity contribution in [3.05, 3.63) is 47.3 Å². The van der Waals surface area contributed by atoms with E-state index in [0.29, 0.717) is 13.2 Å². The molecule has 1 aliphatic heterocycles. The fraction of sp³-hybridized carbons (Fsp3) is 0.412. The van der Waals surface area contributed by atoms with Gasteiger partial charge in [0, 0.05) is 18.1 Å². The van der Waals surface area contributed by atoms with E-state index in [2.05, 4.69) is 10.1 Å². The Morgan fingerprint density at radius 3 is 2.73 bits per heavy atom. The molecule has 3 rings (SSSR count). The fourth-order valence-corrected chi connectivity index (χ4v) is 2.33. The van der Waals surface area contributed by atoms with Crippen molar-refractivity contribution in [3.8, 4) is 5.75 Å². The lowest BCUT2D eigenvalue weighted by Crippen LogP contribution is -2.02. The van der Waals surface area contributed by atoms with Crippen LogP contribution in [0.5, 0.6) is 5.75 Å². The molecule has 0 bridgehead atoms. The number of aliphatic imine (C=N–C) groups is 1. The third-order valence-corrected chi connectivity index (χ3v) is 3.45. The molecule has 0 saturated carbocycles. The van der Waals surface area contributed by atoms with E-state index in [-0.39, 0.29) is 0 Å². The van der Waals surface area contributed by atoms with Gasteiger partial charge in [-0.15, -0.1) is 0 Å². The Morgan fingerprint density at radius 2 is 2.05 bits per heavy atom. The van der Waals surface area contributed by atoms with Crippen LogP contribution < -0.4 is 4.74 Å². The van der Waals surface area contributed by atoms with E-state index >= 15 is 0 Å². The highest BCUT2D eigenvalue weighted by atomic mass is 16.5. The predicted molar refractivity (Wildman–Crippen MR) is 83.5 cm³/mol. The van der Waals surface area contributed by atoms with Gasteiger partial charge in [0.15, 0.2) is 0 Å². The van der Waals surface area contributed by atoms with Gasteiger partial charge in [0.1, 0.15) is 18.1 Å². The lowest BCUT2D eigenvalue weighted by molar-refractivity contribution is 0.302. The van der Waals surface area contributed by atoms with E-state index in [1.807, 2.05) is 37.3 Å². The minimum absolute atomic E-state index is 0.679. The lowest BCUT2D eigenvalue weighted by atomic mass is 10.2. The number of hydrogen-bond acceptors (Lipinski definition) is 5. The first-order valence-electron chi connectivity index (χ1n) is 7.64. The number of hydrogen-bond donors (Lipinski definition) is 0. The third-order valence-electron chi connectivity index (χ3n) is 3.45. The molecule has 0 aliphatic carbocycles. The Labute approximate surface area is 129 Å². The van der Waals surface area contributed by atoms with Gasteiger partial charge in [-0.05, 0) is 44.0 Å². The number of nitrogens with zero attached hydrogens (tertiary/aromatic N) is 2. The van der Waals surface area contributed by atoms with Crippen molar-refractivity contribution < 1.29 is 14.0 Å². The van der Waals surface area contributed by atoms with E-state index < -0.39 is 0 Å². The van der Waals surface area contributed by atoms with Gasteiger partial charge in [0.25, 0.3) is 0 Å². The molecule has 0 amide bonds. The van der Waals surface area contributed by atoms with Gasteiger partial charge in [0.2, 0.25) is 5.90 Å². The van der Waals surface area contributed by atoms with Gasteiger partial charge in [0.05, 0.1) is 18.8 Å². The molecule has 1 aliphatic rings. The van der Waals surface area contributed by atoms with Crippen LogP contribution in [-0.4, -0.2) is 30.8 Å². The second-order valence-corrected chi connectivity index (χ2v) is 5.30. The van der Waals surface area contributed by atoms with Gasteiger partial charge < -0.3 is 14.0 Å². The molecule has 22 heavy (non-hydrogen) atoms. The number of benzene rings is 1. The van der Waals surface area contributed by atoms with E-state index in [4.69, 9.17) is 14.0 Å². The van der Waals surface area contributed by atoms with E-state index in [9.17, 15) is 0 Å². The maximum Gasteiger partial charge on any atom is 0.216 e. The van der Waals surface area contributed by atoms with Crippen molar-refractivity contribution in [1.29, 1.82) is 0 Å². The number of aromatic nitrogens is 1. The van der Waals surface area contributed by atoms with Gasteiger partial charge in [-0.2, -0.15) is 0 Å². The summed E-state index contributed by atoms with van der Waals surface area (Å²) in [5, 5.41) is 3.88. The van der Waals surface area contributed by atoms with Crippen molar-refractivity contribution >= 4 is 5.90 Å². The normalized spacial score (nSPS) is 13.8. The largest absolute Gasteiger partial charge is 0.494 e. The molecule has 1 aromatic heterocycles. The van der Waals surface area contributed by atoms with Crippen LogP contribution in [0.2, 0.25) is 0 Å². The van der Waals surface area contributed by atoms with Crippen molar-refractivity contribution in [1.82, 2.24) is 5.16 Å². The highest BCUT2D eigenvalue weighted by molar-refractivity contribution is 5.94. The van der Waals surface area contributed by atoms with Crippen molar-refractivity contribution in [2.24, 2.45) is 4.99 Å². The first kappa shape index (κ1) is 14.6. The molecular weight excluding hydrogens is 280 g/mol. The van der Waals surface area contributed by atoms with Crippen LogP contribution in [0.1, 0.15) is 29.9 Å². The summed E-state index contributed by atoms with van der Waals surface area (Å²) in [5.41, 5.74) is 1.94. The quantitative estimate of drug-likeness (QED) is 0.737. The molecular formula is C17H20N2O3. The summed E-state index contributed by atoms with van der Waals surface area (Å²) in [6.07, 6.45) is 2.91. The van der Waals surface area contributed by atoms with Crippen LogP contribution in [0.3, 0.4) is 0 Å². The van der Waals surface area contributed by atoms with Gasteiger partial charge >= 0.3 is 0 Å². The van der Waals surface area contributed by atoms with Crippen molar-refractivity contribution in [3.63, 3.8) is 0 Å². The molecule has 0 fully saturated rings. The lowest BCUT2D eigenvalue weighted by Gasteiger charge is -2.07. The van der Waals surface area contributed by atoms with E-state index in [0.717, 1.165) is 54.5 Å². The first-order chi connectivity index (χ1) is 10.8. The number of aryl methyl sites for hydroxylation is 2. The fourth-order valence-electron chi connectivity index (χ4n) is 2.33. The zero-order chi connectivity index (χ0) is 15.2. The molecule has 2 heterocycles. The average Bonchev–Trinajstić information content (AvgIpc) is 3.19. The van der Waals surface area contributed by atoms with Crippen LogP contribution in [0, 0.1) is 6.92 Å². The summed E-state index contributed by atoms with van der Waals surface area (Å²) in [6, 6.07) is 9.86. The molecule has 0 radical (unpaired) electrons. The predicted octanol–water partition coefficient (Wildman–Crippen LogP) is 3.16. The Kier molecular flexibility index (Phi) is 4.73. The van der Waals surface area contributed by atoms with E-state index in [1.165, 1.54) is 0 Å². The molecule has 0 unspecified atom stereocenters. The molecule has 1 aromatic carbocycles. The molecule has 0 N–H and O–H groups in total. The summed E-state index contributed by atoms with van der Waals surface area (Å²) >= 11 is 0. The summed E-state index contributed by atoms with van der Waals surface area (Å²) in [6.45, 7) is 4.06. The number of unbranched alkanes of at least 4 members (excludes halogenated alkanes) is 1. The zero-order valence-electron chi connectivity index (χ0n) is 12.7. The van der Waals surface area contributed by atoms with Crippen LogP contribution in [0.15, 0.2) is 39.8 Å². The molecule has 0 atom stereocenters. The summed E-state index contributed by atoms with van der Waals surface area (Å²) < 4.78 is 16.3. The first-order valence-corrected chi connectivity index (χ1v) is 7.64. The summed E-state index contributed by atoms with van der Waals surface area (Å²) in [5.74, 6) is 2.55. The van der Waals surface area contributed by atoms with Crippen molar-refractivity contribution in [2.45, 2.75) is 26.2 Å². The summed E-state index contributed by atoms with van der Waals surface area (Å²) in [7, 11) is 0. The van der Waals surface area contributed by atoms with Gasteiger partial charge in [-0.25, -0.2) is 4.99 Å². The monoisotopic (exact) mass is 300 g/mol. The zero-order valence-corrected chi connectivity index (χ0v) is 12.7. The van der Waals surface area contributed by atoms with Gasteiger partial charge in [-0.3, -0.25) is 0 Å². The van der Waals surface area contributed by atoms with E-state index in [1.54, 1.807) is 0 Å².